The summed E-state index contributed by atoms with van der Waals surface area (Å²) in [4.78, 5) is 13.1. The molecule has 0 amide bonds. The number of aliphatic carboxylic acids is 1. The van der Waals surface area contributed by atoms with Crippen LogP contribution in [0.15, 0.2) is 30.3 Å². The van der Waals surface area contributed by atoms with Gasteiger partial charge in [0, 0.05) is 18.6 Å². The van der Waals surface area contributed by atoms with Gasteiger partial charge in [-0.1, -0.05) is 30.3 Å². The highest BCUT2D eigenvalue weighted by Crippen LogP contribution is 2.28. The van der Waals surface area contributed by atoms with Crippen molar-refractivity contribution in [1.29, 1.82) is 0 Å². The standard InChI is InChI=1S/C14H19NO4S/c1-11-10-20(18,19)8-7-15(11)13(9-14(16)17)12-5-3-2-4-6-12/h2-6,11,13H,7-10H2,1H3,(H,16,17). The molecule has 110 valence electrons. The molecule has 1 aromatic carbocycles. The van der Waals surface area contributed by atoms with Crippen molar-refractivity contribution in [2.24, 2.45) is 0 Å². The number of nitrogens with zero attached hydrogens (tertiary/aromatic N) is 1. The maximum absolute atomic E-state index is 11.6. The van der Waals surface area contributed by atoms with Gasteiger partial charge in [0.2, 0.25) is 0 Å². The average Bonchev–Trinajstić information content (AvgIpc) is 2.36. The zero-order valence-corrected chi connectivity index (χ0v) is 12.2. The molecule has 20 heavy (non-hydrogen) atoms. The summed E-state index contributed by atoms with van der Waals surface area (Å²) >= 11 is 0. The van der Waals surface area contributed by atoms with E-state index in [4.69, 9.17) is 5.11 Å². The Kier molecular flexibility index (Phi) is 4.45. The Labute approximate surface area is 119 Å². The Morgan fingerprint density at radius 2 is 2.05 bits per heavy atom. The Morgan fingerprint density at radius 1 is 1.40 bits per heavy atom. The second-order valence-electron chi connectivity index (χ2n) is 5.23. The van der Waals surface area contributed by atoms with Gasteiger partial charge < -0.3 is 5.11 Å². The average molecular weight is 297 g/mol. The van der Waals surface area contributed by atoms with E-state index >= 15 is 0 Å². The van der Waals surface area contributed by atoms with Crippen LogP contribution in [0.3, 0.4) is 0 Å². The summed E-state index contributed by atoms with van der Waals surface area (Å²) < 4.78 is 23.3. The lowest BCUT2D eigenvalue weighted by Gasteiger charge is -2.39. The number of benzene rings is 1. The maximum atomic E-state index is 11.6. The molecule has 6 heteroatoms. The van der Waals surface area contributed by atoms with Crippen LogP contribution in [0.5, 0.6) is 0 Å². The van der Waals surface area contributed by atoms with Crippen molar-refractivity contribution < 1.29 is 18.3 Å². The van der Waals surface area contributed by atoms with E-state index in [1.807, 2.05) is 42.2 Å². The van der Waals surface area contributed by atoms with E-state index < -0.39 is 15.8 Å². The molecule has 1 aliphatic rings. The molecule has 0 radical (unpaired) electrons. The summed E-state index contributed by atoms with van der Waals surface area (Å²) in [5.41, 5.74) is 0.918. The van der Waals surface area contributed by atoms with Gasteiger partial charge in [-0.3, -0.25) is 9.69 Å². The highest BCUT2D eigenvalue weighted by atomic mass is 32.2. The largest absolute Gasteiger partial charge is 0.481 e. The monoisotopic (exact) mass is 297 g/mol. The van der Waals surface area contributed by atoms with Crippen molar-refractivity contribution in [1.82, 2.24) is 4.90 Å². The summed E-state index contributed by atoms with van der Waals surface area (Å²) in [6.45, 7) is 2.23. The van der Waals surface area contributed by atoms with Gasteiger partial charge in [0.25, 0.3) is 0 Å². The van der Waals surface area contributed by atoms with Crippen molar-refractivity contribution >= 4 is 15.8 Å². The second-order valence-corrected chi connectivity index (χ2v) is 7.45. The zero-order valence-electron chi connectivity index (χ0n) is 11.4. The second kappa shape index (κ2) is 5.93. The van der Waals surface area contributed by atoms with Gasteiger partial charge in [-0.2, -0.15) is 0 Å². The van der Waals surface area contributed by atoms with E-state index in [9.17, 15) is 13.2 Å². The molecule has 1 aromatic rings. The minimum absolute atomic E-state index is 0.0194. The molecule has 2 rings (SSSR count). The molecule has 1 saturated heterocycles. The first kappa shape index (κ1) is 15.0. The van der Waals surface area contributed by atoms with E-state index in [0.717, 1.165) is 5.56 Å². The number of hydrogen-bond donors (Lipinski definition) is 1. The Balaban J connectivity index is 2.26. The molecule has 1 heterocycles. The van der Waals surface area contributed by atoms with Gasteiger partial charge in [0.05, 0.1) is 17.9 Å². The van der Waals surface area contributed by atoms with Gasteiger partial charge in [0.1, 0.15) is 0 Å². The third-order valence-electron chi connectivity index (χ3n) is 3.67. The molecule has 0 spiro atoms. The van der Waals surface area contributed by atoms with E-state index in [2.05, 4.69) is 0 Å². The molecule has 2 unspecified atom stereocenters. The van der Waals surface area contributed by atoms with E-state index in [1.54, 1.807) is 0 Å². The van der Waals surface area contributed by atoms with Crippen molar-refractivity contribution in [3.05, 3.63) is 35.9 Å². The van der Waals surface area contributed by atoms with Gasteiger partial charge >= 0.3 is 5.97 Å². The van der Waals surface area contributed by atoms with Crippen LogP contribution in [-0.4, -0.2) is 48.5 Å². The van der Waals surface area contributed by atoms with Gasteiger partial charge in [-0.15, -0.1) is 0 Å². The smallest absolute Gasteiger partial charge is 0.305 e. The first-order valence-electron chi connectivity index (χ1n) is 6.62. The zero-order chi connectivity index (χ0) is 14.8. The summed E-state index contributed by atoms with van der Waals surface area (Å²) in [7, 11) is -3.00. The number of rotatable bonds is 4. The molecule has 2 atom stereocenters. The summed E-state index contributed by atoms with van der Waals surface area (Å²) in [6.07, 6.45) is -0.0194. The Morgan fingerprint density at radius 3 is 2.60 bits per heavy atom. The molecule has 0 aliphatic carbocycles. The molecule has 0 saturated carbocycles. The molecular weight excluding hydrogens is 278 g/mol. The van der Waals surface area contributed by atoms with Crippen molar-refractivity contribution in [2.75, 3.05) is 18.1 Å². The fraction of sp³-hybridized carbons (Fsp3) is 0.500. The van der Waals surface area contributed by atoms with Crippen LogP contribution in [0.25, 0.3) is 0 Å². The first-order valence-corrected chi connectivity index (χ1v) is 8.44. The highest BCUT2D eigenvalue weighted by molar-refractivity contribution is 7.91. The third-order valence-corrected chi connectivity index (χ3v) is 5.47. The summed E-state index contributed by atoms with van der Waals surface area (Å²) in [5.74, 6) is -0.685. The minimum Gasteiger partial charge on any atom is -0.481 e. The summed E-state index contributed by atoms with van der Waals surface area (Å²) in [5, 5.41) is 9.12. The Bertz CT molecular complexity index is 570. The van der Waals surface area contributed by atoms with Crippen LogP contribution in [0.2, 0.25) is 0 Å². The van der Waals surface area contributed by atoms with E-state index in [0.29, 0.717) is 6.54 Å². The molecule has 5 nitrogen and oxygen atoms in total. The number of sulfone groups is 1. The van der Waals surface area contributed by atoms with Crippen LogP contribution in [0.4, 0.5) is 0 Å². The molecule has 0 aromatic heterocycles. The van der Waals surface area contributed by atoms with Crippen molar-refractivity contribution in [3.63, 3.8) is 0 Å². The molecular formula is C14H19NO4S. The molecule has 1 N–H and O–H groups in total. The fourth-order valence-corrected chi connectivity index (χ4v) is 4.32. The quantitative estimate of drug-likeness (QED) is 0.907. The SMILES string of the molecule is CC1CS(=O)(=O)CCN1C(CC(=O)O)c1ccccc1. The first-order chi connectivity index (χ1) is 9.39. The lowest BCUT2D eigenvalue weighted by atomic mass is 10.0. The van der Waals surface area contributed by atoms with Crippen LogP contribution in [0.1, 0.15) is 24.9 Å². The summed E-state index contributed by atoms with van der Waals surface area (Å²) in [6, 6.07) is 8.96. The third kappa shape index (κ3) is 3.58. The lowest BCUT2D eigenvalue weighted by molar-refractivity contribution is -0.138. The lowest BCUT2D eigenvalue weighted by Crippen LogP contribution is -2.48. The topological polar surface area (TPSA) is 74.7 Å². The minimum atomic E-state index is -3.00. The van der Waals surface area contributed by atoms with Gasteiger partial charge in [-0.25, -0.2) is 8.42 Å². The number of hydrogen-bond acceptors (Lipinski definition) is 4. The van der Waals surface area contributed by atoms with E-state index in [1.165, 1.54) is 0 Å². The van der Waals surface area contributed by atoms with Crippen LogP contribution in [0, 0.1) is 0 Å². The fourth-order valence-electron chi connectivity index (χ4n) is 2.74. The highest BCUT2D eigenvalue weighted by Gasteiger charge is 2.34. The molecule has 1 aliphatic heterocycles. The van der Waals surface area contributed by atoms with Gasteiger partial charge in [-0.05, 0) is 12.5 Å². The molecule has 0 bridgehead atoms. The maximum Gasteiger partial charge on any atom is 0.305 e. The van der Waals surface area contributed by atoms with Crippen LogP contribution in [-0.2, 0) is 14.6 Å². The van der Waals surface area contributed by atoms with Crippen molar-refractivity contribution in [2.45, 2.75) is 25.4 Å². The van der Waals surface area contributed by atoms with Crippen molar-refractivity contribution in [3.8, 4) is 0 Å². The van der Waals surface area contributed by atoms with Crippen LogP contribution < -0.4 is 0 Å². The predicted molar refractivity (Wildman–Crippen MR) is 76.3 cm³/mol. The number of carbonyl (C=O) groups is 1. The predicted octanol–water partition coefficient (Wildman–Crippen LogP) is 1.32. The Hall–Kier alpha value is -1.40. The van der Waals surface area contributed by atoms with Gasteiger partial charge in [0.15, 0.2) is 9.84 Å². The number of carboxylic acids is 1. The molecule has 1 fully saturated rings. The number of carboxylic acid groups (broad SMARTS) is 1. The van der Waals surface area contributed by atoms with Crippen LogP contribution >= 0.6 is 0 Å². The normalized spacial score (nSPS) is 24.1. The van der Waals surface area contributed by atoms with E-state index in [-0.39, 0.29) is 30.0 Å².